The molecule has 0 atom stereocenters. The van der Waals surface area contributed by atoms with Crippen LogP contribution in [0.2, 0.25) is 0 Å². The smallest absolute Gasteiger partial charge is 0.307 e. The van der Waals surface area contributed by atoms with Gasteiger partial charge in [-0.05, 0) is 20.3 Å². The van der Waals surface area contributed by atoms with Crippen LogP contribution in [0.3, 0.4) is 0 Å². The minimum atomic E-state index is -1.19. The van der Waals surface area contributed by atoms with Gasteiger partial charge in [-0.1, -0.05) is 0 Å². The summed E-state index contributed by atoms with van der Waals surface area (Å²) in [5, 5.41) is 13.3. The summed E-state index contributed by atoms with van der Waals surface area (Å²) in [5.41, 5.74) is -1.25. The van der Waals surface area contributed by atoms with E-state index in [9.17, 15) is 18.9 Å². The number of halogens is 2. The Hall–Kier alpha value is -1.76. The summed E-state index contributed by atoms with van der Waals surface area (Å²) in [6.07, 6.45) is 0.564. The summed E-state index contributed by atoms with van der Waals surface area (Å²) in [5.74, 6) is -2.05. The first-order chi connectivity index (χ1) is 8.76. The number of nitro groups is 1. The second-order valence-electron chi connectivity index (χ2n) is 4.68. The van der Waals surface area contributed by atoms with Gasteiger partial charge in [0.25, 0.3) is 0 Å². The molecule has 19 heavy (non-hydrogen) atoms. The lowest BCUT2D eigenvalue weighted by atomic mass is 10.1. The highest BCUT2D eigenvalue weighted by atomic mass is 19.1. The summed E-state index contributed by atoms with van der Waals surface area (Å²) in [7, 11) is 1.56. The maximum absolute atomic E-state index is 13.4. The van der Waals surface area contributed by atoms with Gasteiger partial charge in [-0.2, -0.15) is 4.39 Å². The van der Waals surface area contributed by atoms with Gasteiger partial charge in [0, 0.05) is 25.8 Å². The molecule has 106 valence electrons. The lowest BCUT2D eigenvalue weighted by molar-refractivity contribution is -0.387. The fourth-order valence-corrected chi connectivity index (χ4v) is 1.41. The lowest BCUT2D eigenvalue weighted by Gasteiger charge is -2.23. The number of nitrogens with zero attached hydrogens (tertiary/aromatic N) is 1. The molecule has 7 heteroatoms. The summed E-state index contributed by atoms with van der Waals surface area (Å²) in [6, 6.07) is 1.35. The van der Waals surface area contributed by atoms with Crippen molar-refractivity contribution in [1.82, 2.24) is 0 Å². The fourth-order valence-electron chi connectivity index (χ4n) is 1.41. The average Bonchev–Trinajstić information content (AvgIpc) is 2.31. The van der Waals surface area contributed by atoms with Crippen LogP contribution in [0.5, 0.6) is 0 Å². The Bertz CT molecular complexity index is 478. The number of anilines is 1. The van der Waals surface area contributed by atoms with E-state index in [2.05, 4.69) is 5.32 Å². The van der Waals surface area contributed by atoms with Gasteiger partial charge < -0.3 is 10.1 Å². The molecule has 1 N–H and O–H groups in total. The van der Waals surface area contributed by atoms with Crippen LogP contribution < -0.4 is 5.32 Å². The third kappa shape index (κ3) is 4.13. The monoisotopic (exact) mass is 274 g/mol. The molecule has 0 heterocycles. The topological polar surface area (TPSA) is 64.4 Å². The van der Waals surface area contributed by atoms with Crippen molar-refractivity contribution in [2.24, 2.45) is 0 Å². The van der Waals surface area contributed by atoms with E-state index >= 15 is 0 Å². The van der Waals surface area contributed by atoms with E-state index in [0.29, 0.717) is 19.0 Å². The minimum Gasteiger partial charge on any atom is -0.382 e. The molecule has 0 unspecified atom stereocenters. The van der Waals surface area contributed by atoms with Crippen LogP contribution in [-0.4, -0.2) is 24.2 Å². The number of rotatable bonds is 6. The summed E-state index contributed by atoms with van der Waals surface area (Å²) >= 11 is 0. The van der Waals surface area contributed by atoms with Crippen molar-refractivity contribution in [1.29, 1.82) is 0 Å². The quantitative estimate of drug-likeness (QED) is 0.639. The number of benzene rings is 1. The van der Waals surface area contributed by atoms with Crippen LogP contribution in [0.1, 0.15) is 20.3 Å². The van der Waals surface area contributed by atoms with Gasteiger partial charge in [0.05, 0.1) is 16.2 Å². The molecule has 0 aliphatic rings. The Morgan fingerprint density at radius 3 is 2.53 bits per heavy atom. The zero-order chi connectivity index (χ0) is 14.6. The Morgan fingerprint density at radius 2 is 2.00 bits per heavy atom. The molecule has 0 aromatic heterocycles. The van der Waals surface area contributed by atoms with E-state index in [1.165, 1.54) is 0 Å². The molecule has 0 saturated heterocycles. The Balaban J connectivity index is 2.79. The number of nitrogens with one attached hydrogen (secondary N) is 1. The van der Waals surface area contributed by atoms with Crippen molar-refractivity contribution in [2.75, 3.05) is 19.0 Å². The molecule has 1 aromatic rings. The SMILES string of the molecule is COC(C)(C)CCNc1cc([N+](=O)[O-])c(F)cc1F. The number of hydrogen-bond donors (Lipinski definition) is 1. The van der Waals surface area contributed by atoms with Gasteiger partial charge in [-0.15, -0.1) is 0 Å². The molecule has 0 saturated carbocycles. The molecule has 0 amide bonds. The predicted molar refractivity (Wildman–Crippen MR) is 67.2 cm³/mol. The molecule has 0 aliphatic carbocycles. The van der Waals surface area contributed by atoms with Crippen molar-refractivity contribution in [3.8, 4) is 0 Å². The van der Waals surface area contributed by atoms with Crippen LogP contribution in [-0.2, 0) is 4.74 Å². The van der Waals surface area contributed by atoms with Gasteiger partial charge in [-0.25, -0.2) is 4.39 Å². The van der Waals surface area contributed by atoms with Crippen LogP contribution >= 0.6 is 0 Å². The first kappa shape index (κ1) is 15.3. The van der Waals surface area contributed by atoms with Gasteiger partial charge in [0.15, 0.2) is 0 Å². The highest BCUT2D eigenvalue weighted by Gasteiger charge is 2.19. The largest absolute Gasteiger partial charge is 0.382 e. The summed E-state index contributed by atoms with van der Waals surface area (Å²) in [6.45, 7) is 4.07. The molecular formula is C12H16F2N2O3. The van der Waals surface area contributed by atoms with Crippen LogP contribution in [0.15, 0.2) is 12.1 Å². The van der Waals surface area contributed by atoms with Gasteiger partial charge in [0.2, 0.25) is 5.82 Å². The molecule has 1 aromatic carbocycles. The number of nitro benzene ring substituents is 1. The van der Waals surface area contributed by atoms with Crippen LogP contribution in [0.25, 0.3) is 0 Å². The molecule has 1 rings (SSSR count). The molecule has 0 bridgehead atoms. The highest BCUT2D eigenvalue weighted by molar-refractivity contribution is 5.53. The lowest BCUT2D eigenvalue weighted by Crippen LogP contribution is -2.26. The maximum Gasteiger partial charge on any atom is 0.307 e. The second kappa shape index (κ2) is 5.92. The van der Waals surface area contributed by atoms with E-state index in [-0.39, 0.29) is 5.69 Å². The third-order valence-electron chi connectivity index (χ3n) is 2.83. The molecular weight excluding hydrogens is 258 g/mol. The van der Waals surface area contributed by atoms with Gasteiger partial charge in [-0.3, -0.25) is 10.1 Å². The van der Waals surface area contributed by atoms with E-state index in [0.717, 1.165) is 6.07 Å². The molecule has 5 nitrogen and oxygen atoms in total. The van der Waals surface area contributed by atoms with E-state index < -0.39 is 27.8 Å². The first-order valence-electron chi connectivity index (χ1n) is 5.69. The van der Waals surface area contributed by atoms with Crippen LogP contribution in [0.4, 0.5) is 20.2 Å². The standard InChI is InChI=1S/C12H16F2N2O3/c1-12(2,19-3)4-5-15-10-7-11(16(17)18)9(14)6-8(10)13/h6-7,15H,4-5H2,1-3H3. The van der Waals surface area contributed by atoms with Crippen molar-refractivity contribution < 1.29 is 18.4 Å². The first-order valence-corrected chi connectivity index (χ1v) is 5.69. The van der Waals surface area contributed by atoms with Gasteiger partial charge in [0.1, 0.15) is 5.82 Å². The summed E-state index contributed by atoms with van der Waals surface area (Å²) < 4.78 is 31.7. The maximum atomic E-state index is 13.4. The second-order valence-corrected chi connectivity index (χ2v) is 4.68. The van der Waals surface area contributed by atoms with E-state index in [1.54, 1.807) is 7.11 Å². The van der Waals surface area contributed by atoms with Crippen molar-refractivity contribution in [3.63, 3.8) is 0 Å². The minimum absolute atomic E-state index is 0.0972. The van der Waals surface area contributed by atoms with Crippen LogP contribution in [0, 0.1) is 21.7 Å². The number of hydrogen-bond acceptors (Lipinski definition) is 4. The predicted octanol–water partition coefficient (Wildman–Crippen LogP) is 3.10. The van der Waals surface area contributed by atoms with Crippen molar-refractivity contribution in [2.45, 2.75) is 25.9 Å². The molecule has 0 spiro atoms. The number of methoxy groups -OCH3 is 1. The van der Waals surface area contributed by atoms with E-state index in [1.807, 2.05) is 13.8 Å². The fraction of sp³-hybridized carbons (Fsp3) is 0.500. The normalized spacial score (nSPS) is 11.4. The summed E-state index contributed by atoms with van der Waals surface area (Å²) in [4.78, 5) is 9.67. The molecule has 0 radical (unpaired) electrons. The van der Waals surface area contributed by atoms with Gasteiger partial charge >= 0.3 is 5.69 Å². The Morgan fingerprint density at radius 1 is 1.37 bits per heavy atom. The number of ether oxygens (including phenoxy) is 1. The molecule has 0 fully saturated rings. The van der Waals surface area contributed by atoms with Crippen molar-refractivity contribution in [3.05, 3.63) is 33.9 Å². The zero-order valence-electron chi connectivity index (χ0n) is 11.0. The van der Waals surface area contributed by atoms with Crippen molar-refractivity contribution >= 4 is 11.4 Å². The highest BCUT2D eigenvalue weighted by Crippen LogP contribution is 2.25. The Kier molecular flexibility index (Phi) is 4.77. The Labute approximate surface area is 109 Å². The third-order valence-corrected chi connectivity index (χ3v) is 2.83. The average molecular weight is 274 g/mol. The van der Waals surface area contributed by atoms with E-state index in [4.69, 9.17) is 4.74 Å². The molecule has 0 aliphatic heterocycles. The zero-order valence-corrected chi connectivity index (χ0v) is 11.0.